The molecule has 1 N–H and O–H groups in total. The van der Waals surface area contributed by atoms with Gasteiger partial charge in [0.25, 0.3) is 5.91 Å². The predicted octanol–water partition coefficient (Wildman–Crippen LogP) is 3.61. The zero-order valence-electron chi connectivity index (χ0n) is 12.3. The molecule has 110 valence electrons. The summed E-state index contributed by atoms with van der Waals surface area (Å²) >= 11 is 0. The van der Waals surface area contributed by atoms with E-state index < -0.39 is 0 Å². The largest absolute Gasteiger partial charge is 0.361 e. The van der Waals surface area contributed by atoms with E-state index in [4.69, 9.17) is 4.52 Å². The van der Waals surface area contributed by atoms with Crippen LogP contribution in [0.3, 0.4) is 0 Å². The minimum absolute atomic E-state index is 0.182. The second-order valence-corrected chi connectivity index (χ2v) is 4.97. The molecule has 22 heavy (non-hydrogen) atoms. The van der Waals surface area contributed by atoms with Crippen molar-refractivity contribution in [2.24, 2.45) is 0 Å². The average molecular weight is 293 g/mol. The van der Waals surface area contributed by atoms with Gasteiger partial charge in [-0.25, -0.2) is 0 Å². The quantitative estimate of drug-likeness (QED) is 0.801. The summed E-state index contributed by atoms with van der Waals surface area (Å²) in [4.78, 5) is 16.0. The SMILES string of the molecule is Cc1noc(C)c1-c1ccc(NC(=O)c2cccnc2)cc1. The zero-order chi connectivity index (χ0) is 15.5. The first kappa shape index (κ1) is 14.0. The molecular weight excluding hydrogens is 278 g/mol. The summed E-state index contributed by atoms with van der Waals surface area (Å²) in [5, 5.41) is 6.79. The van der Waals surface area contributed by atoms with Crippen molar-refractivity contribution in [3.8, 4) is 11.1 Å². The molecule has 3 aromatic rings. The van der Waals surface area contributed by atoms with Crippen molar-refractivity contribution >= 4 is 11.6 Å². The molecule has 0 atom stereocenters. The molecule has 0 unspecified atom stereocenters. The Hall–Kier alpha value is -2.95. The fourth-order valence-corrected chi connectivity index (χ4v) is 2.32. The van der Waals surface area contributed by atoms with Crippen LogP contribution in [0.25, 0.3) is 11.1 Å². The van der Waals surface area contributed by atoms with Crippen molar-refractivity contribution in [1.29, 1.82) is 0 Å². The molecule has 0 spiro atoms. The van der Waals surface area contributed by atoms with E-state index in [-0.39, 0.29) is 5.91 Å². The number of hydrogen-bond donors (Lipinski definition) is 1. The van der Waals surface area contributed by atoms with E-state index in [0.717, 1.165) is 28.3 Å². The van der Waals surface area contributed by atoms with Gasteiger partial charge in [0.1, 0.15) is 5.76 Å². The third kappa shape index (κ3) is 2.74. The number of aromatic nitrogens is 2. The molecule has 2 heterocycles. The molecule has 0 aliphatic carbocycles. The molecular formula is C17H15N3O2. The van der Waals surface area contributed by atoms with Crippen molar-refractivity contribution in [2.75, 3.05) is 5.32 Å². The van der Waals surface area contributed by atoms with Gasteiger partial charge >= 0.3 is 0 Å². The molecule has 1 amide bonds. The van der Waals surface area contributed by atoms with Gasteiger partial charge in [0.05, 0.1) is 11.3 Å². The summed E-state index contributed by atoms with van der Waals surface area (Å²) in [6.07, 6.45) is 3.17. The Labute approximate surface area is 128 Å². The van der Waals surface area contributed by atoms with Gasteiger partial charge in [0, 0.05) is 23.6 Å². The van der Waals surface area contributed by atoms with Crippen LogP contribution >= 0.6 is 0 Å². The second-order valence-electron chi connectivity index (χ2n) is 4.97. The number of amides is 1. The molecule has 2 aromatic heterocycles. The lowest BCUT2D eigenvalue weighted by atomic mass is 10.0. The lowest BCUT2D eigenvalue weighted by Crippen LogP contribution is -2.11. The fourth-order valence-electron chi connectivity index (χ4n) is 2.32. The highest BCUT2D eigenvalue weighted by molar-refractivity contribution is 6.04. The third-order valence-corrected chi connectivity index (χ3v) is 3.39. The highest BCUT2D eigenvalue weighted by Gasteiger charge is 2.11. The molecule has 0 bridgehead atoms. The van der Waals surface area contributed by atoms with Crippen LogP contribution in [0.1, 0.15) is 21.8 Å². The number of nitrogens with one attached hydrogen (secondary N) is 1. The maximum absolute atomic E-state index is 12.1. The highest BCUT2D eigenvalue weighted by Crippen LogP contribution is 2.27. The van der Waals surface area contributed by atoms with E-state index in [2.05, 4.69) is 15.5 Å². The molecule has 1 aromatic carbocycles. The summed E-state index contributed by atoms with van der Waals surface area (Å²) in [5.74, 6) is 0.600. The van der Waals surface area contributed by atoms with Gasteiger partial charge in [-0.05, 0) is 43.7 Å². The maximum Gasteiger partial charge on any atom is 0.257 e. The molecule has 5 nitrogen and oxygen atoms in total. The van der Waals surface area contributed by atoms with E-state index in [9.17, 15) is 4.79 Å². The molecule has 0 saturated carbocycles. The van der Waals surface area contributed by atoms with E-state index in [1.165, 1.54) is 6.20 Å². The van der Waals surface area contributed by atoms with Gasteiger partial charge in [0.2, 0.25) is 0 Å². The standard InChI is InChI=1S/C17H15N3O2/c1-11-16(12(2)22-20-11)13-5-7-15(8-6-13)19-17(21)14-4-3-9-18-10-14/h3-10H,1-2H3,(H,19,21). The van der Waals surface area contributed by atoms with Gasteiger partial charge in [-0.15, -0.1) is 0 Å². The smallest absolute Gasteiger partial charge is 0.257 e. The summed E-state index contributed by atoms with van der Waals surface area (Å²) in [5.41, 5.74) is 4.10. The Morgan fingerprint density at radius 2 is 1.91 bits per heavy atom. The second kappa shape index (κ2) is 5.81. The van der Waals surface area contributed by atoms with Crippen molar-refractivity contribution in [2.45, 2.75) is 13.8 Å². The van der Waals surface area contributed by atoms with Crippen LogP contribution in [0, 0.1) is 13.8 Å². The van der Waals surface area contributed by atoms with Gasteiger partial charge in [-0.1, -0.05) is 17.3 Å². The van der Waals surface area contributed by atoms with Crippen LogP contribution in [0.4, 0.5) is 5.69 Å². The third-order valence-electron chi connectivity index (χ3n) is 3.39. The molecule has 0 radical (unpaired) electrons. The van der Waals surface area contributed by atoms with E-state index >= 15 is 0 Å². The lowest BCUT2D eigenvalue weighted by molar-refractivity contribution is 0.102. The van der Waals surface area contributed by atoms with E-state index in [1.54, 1.807) is 18.3 Å². The van der Waals surface area contributed by atoms with Crippen LogP contribution in [0.15, 0.2) is 53.3 Å². The number of rotatable bonds is 3. The summed E-state index contributed by atoms with van der Waals surface area (Å²) in [6, 6.07) is 11.0. The minimum atomic E-state index is -0.182. The Morgan fingerprint density at radius 1 is 1.14 bits per heavy atom. The van der Waals surface area contributed by atoms with Gasteiger partial charge < -0.3 is 9.84 Å². The number of carbonyl (C=O) groups excluding carboxylic acids is 1. The molecule has 5 heteroatoms. The number of carbonyl (C=O) groups is 1. The van der Waals surface area contributed by atoms with Gasteiger partial charge in [-0.3, -0.25) is 9.78 Å². The summed E-state index contributed by atoms with van der Waals surface area (Å²) < 4.78 is 5.18. The monoisotopic (exact) mass is 293 g/mol. The minimum Gasteiger partial charge on any atom is -0.361 e. The normalized spacial score (nSPS) is 10.5. The van der Waals surface area contributed by atoms with Crippen molar-refractivity contribution in [3.05, 3.63) is 65.8 Å². The predicted molar refractivity (Wildman–Crippen MR) is 83.6 cm³/mol. The Kier molecular flexibility index (Phi) is 3.70. The van der Waals surface area contributed by atoms with Crippen LogP contribution in [-0.4, -0.2) is 16.0 Å². The number of aryl methyl sites for hydroxylation is 2. The molecule has 0 saturated heterocycles. The number of benzene rings is 1. The molecule has 0 aliphatic heterocycles. The topological polar surface area (TPSA) is 68.0 Å². The number of anilines is 1. The van der Waals surface area contributed by atoms with E-state index in [1.807, 2.05) is 38.1 Å². The van der Waals surface area contributed by atoms with Crippen LogP contribution in [-0.2, 0) is 0 Å². The highest BCUT2D eigenvalue weighted by atomic mass is 16.5. The molecule has 3 rings (SSSR count). The van der Waals surface area contributed by atoms with Gasteiger partial charge in [-0.2, -0.15) is 0 Å². The first-order chi connectivity index (χ1) is 10.6. The average Bonchev–Trinajstić information content (AvgIpc) is 2.88. The fraction of sp³-hybridized carbons (Fsp3) is 0.118. The lowest BCUT2D eigenvalue weighted by Gasteiger charge is -2.06. The van der Waals surface area contributed by atoms with Crippen LogP contribution < -0.4 is 5.32 Å². The summed E-state index contributed by atoms with van der Waals surface area (Å²) in [7, 11) is 0. The zero-order valence-corrected chi connectivity index (χ0v) is 12.3. The van der Waals surface area contributed by atoms with Crippen LogP contribution in [0.2, 0.25) is 0 Å². The summed E-state index contributed by atoms with van der Waals surface area (Å²) in [6.45, 7) is 3.79. The Bertz CT molecular complexity index is 773. The van der Waals surface area contributed by atoms with Crippen molar-refractivity contribution < 1.29 is 9.32 Å². The number of pyridine rings is 1. The van der Waals surface area contributed by atoms with Gasteiger partial charge in [0.15, 0.2) is 0 Å². The number of hydrogen-bond acceptors (Lipinski definition) is 4. The first-order valence-corrected chi connectivity index (χ1v) is 6.90. The van der Waals surface area contributed by atoms with Crippen molar-refractivity contribution in [1.82, 2.24) is 10.1 Å². The Morgan fingerprint density at radius 3 is 2.50 bits per heavy atom. The molecule has 0 fully saturated rings. The van der Waals surface area contributed by atoms with Crippen molar-refractivity contribution in [3.63, 3.8) is 0 Å². The first-order valence-electron chi connectivity index (χ1n) is 6.90. The van der Waals surface area contributed by atoms with E-state index in [0.29, 0.717) is 5.56 Å². The van der Waals surface area contributed by atoms with Crippen LogP contribution in [0.5, 0.6) is 0 Å². The Balaban J connectivity index is 1.79. The maximum atomic E-state index is 12.1. The molecule has 0 aliphatic rings. The number of nitrogens with zero attached hydrogens (tertiary/aromatic N) is 2.